The maximum Gasteiger partial charge on any atom is 0.352 e. The number of carbonyl (C=O) groups excluding carboxylic acids is 3. The number of imidazole rings is 1. The van der Waals surface area contributed by atoms with Crippen LogP contribution >= 0.6 is 35.1 Å². The first-order chi connectivity index (χ1) is 19.9. The van der Waals surface area contributed by atoms with Gasteiger partial charge < -0.3 is 21.0 Å². The Morgan fingerprint density at radius 2 is 2.20 bits per heavy atom. The SMILES string of the molecule is Nc1nc(/C(=N/OC2CSC2)C(=O)N[C@@H]2C(=O)N3C(C(=O)O)=C(C[n+]4cc(NC=O)n5ncccc54)CS[C@H]23)ns1. The molecule has 3 aromatic heterocycles. The van der Waals surface area contributed by atoms with E-state index in [2.05, 4.69) is 30.2 Å². The average Bonchev–Trinajstić information content (AvgIpc) is 3.51. The number of aromatic nitrogens is 5. The minimum atomic E-state index is -1.27. The van der Waals surface area contributed by atoms with E-state index in [9.17, 15) is 24.3 Å². The number of nitrogens with zero attached hydrogens (tertiary/aromatic N) is 7. The van der Waals surface area contributed by atoms with Crippen LogP contribution in [0.1, 0.15) is 5.82 Å². The number of anilines is 2. The predicted molar refractivity (Wildman–Crippen MR) is 148 cm³/mol. The number of hydrogen-bond acceptors (Lipinski definition) is 13. The van der Waals surface area contributed by atoms with Gasteiger partial charge in [-0.15, -0.1) is 11.8 Å². The molecule has 3 aromatic rings. The highest BCUT2D eigenvalue weighted by Gasteiger charge is 2.54. The lowest BCUT2D eigenvalue weighted by Gasteiger charge is -2.49. The zero-order chi connectivity index (χ0) is 28.7. The molecule has 6 heterocycles. The summed E-state index contributed by atoms with van der Waals surface area (Å²) in [6, 6.07) is 2.48. The van der Waals surface area contributed by atoms with Crippen LogP contribution in [0.15, 0.2) is 41.0 Å². The van der Waals surface area contributed by atoms with Crippen molar-refractivity contribution in [2.45, 2.75) is 24.1 Å². The van der Waals surface area contributed by atoms with E-state index in [0.29, 0.717) is 23.4 Å². The Labute approximate surface area is 243 Å². The normalized spacial score (nSPS) is 20.7. The van der Waals surface area contributed by atoms with Crippen molar-refractivity contribution in [3.05, 3.63) is 41.6 Å². The lowest BCUT2D eigenvalue weighted by atomic mass is 10.0. The summed E-state index contributed by atoms with van der Waals surface area (Å²) in [6.07, 6.45) is 3.56. The first-order valence-corrected chi connectivity index (χ1v) is 15.0. The molecule has 0 aliphatic carbocycles. The summed E-state index contributed by atoms with van der Waals surface area (Å²) >= 11 is 3.88. The smallest absolute Gasteiger partial charge is 0.352 e. The van der Waals surface area contributed by atoms with E-state index < -0.39 is 29.2 Å². The standard InChI is InChI=1S/C22H20N10O6S3/c23-22-27-17(29-41-22)14(28-38-11-7-39-8-11)18(34)26-15-19(35)31-16(21(36)37)10(6-40-20(15)31)4-30-5-12(24-9-33)32-13(30)2-1-3-25-32/h1-3,5,9,11,15,20H,4,6-8H2,(H4-,23,24,25,26,27,29,33,34,36,37)/p+1/b28-14-/t15-,20-/m1/s1. The summed E-state index contributed by atoms with van der Waals surface area (Å²) in [5.74, 6) is -0.483. The van der Waals surface area contributed by atoms with Gasteiger partial charge in [-0.2, -0.15) is 21.1 Å². The molecule has 0 aromatic carbocycles. The van der Waals surface area contributed by atoms with Crippen molar-refractivity contribution in [2.75, 3.05) is 28.3 Å². The molecule has 3 amide bonds. The second kappa shape index (κ2) is 11.0. The van der Waals surface area contributed by atoms with Crippen molar-refractivity contribution in [2.24, 2.45) is 5.16 Å². The number of oxime groups is 1. The van der Waals surface area contributed by atoms with Crippen LogP contribution in [0.2, 0.25) is 0 Å². The maximum absolute atomic E-state index is 13.2. The van der Waals surface area contributed by atoms with Crippen LogP contribution in [0, 0.1) is 0 Å². The third kappa shape index (κ3) is 4.95. The van der Waals surface area contributed by atoms with E-state index in [4.69, 9.17) is 10.6 Å². The van der Waals surface area contributed by atoms with E-state index in [-0.39, 0.29) is 40.8 Å². The van der Waals surface area contributed by atoms with Gasteiger partial charge in [-0.05, 0) is 6.07 Å². The quantitative estimate of drug-likeness (QED) is 0.0702. The number of nitrogens with two attached hydrogens (primary N) is 1. The minimum Gasteiger partial charge on any atom is -0.477 e. The second-order valence-electron chi connectivity index (χ2n) is 8.98. The van der Waals surface area contributed by atoms with Crippen LogP contribution in [0.5, 0.6) is 0 Å². The highest BCUT2D eigenvalue weighted by Crippen LogP contribution is 2.40. The highest BCUT2D eigenvalue weighted by molar-refractivity contribution is 8.00. The van der Waals surface area contributed by atoms with Crippen molar-refractivity contribution in [3.63, 3.8) is 0 Å². The maximum atomic E-state index is 13.2. The number of nitrogens with one attached hydrogen (secondary N) is 2. The van der Waals surface area contributed by atoms with E-state index in [0.717, 1.165) is 23.0 Å². The molecule has 0 radical (unpaired) electrons. The molecule has 3 aliphatic heterocycles. The largest absolute Gasteiger partial charge is 0.477 e. The van der Waals surface area contributed by atoms with Crippen molar-refractivity contribution >= 4 is 81.6 Å². The first-order valence-electron chi connectivity index (χ1n) is 12.0. The number of rotatable bonds is 10. The first kappa shape index (κ1) is 27.0. The predicted octanol–water partition coefficient (Wildman–Crippen LogP) is -1.10. The molecule has 0 saturated carbocycles. The number of carbonyl (C=O) groups is 4. The van der Waals surface area contributed by atoms with Crippen LogP contribution in [0.4, 0.5) is 10.9 Å². The summed E-state index contributed by atoms with van der Waals surface area (Å²) in [5.41, 5.74) is 6.39. The van der Waals surface area contributed by atoms with Gasteiger partial charge in [-0.3, -0.25) is 24.6 Å². The Balaban J connectivity index is 1.23. The van der Waals surface area contributed by atoms with E-state index >= 15 is 0 Å². The minimum absolute atomic E-state index is 0.0277. The Kier molecular flexibility index (Phi) is 7.22. The fourth-order valence-corrected chi connectivity index (χ4v) is 6.78. The number of carboxylic acid groups (broad SMARTS) is 1. The van der Waals surface area contributed by atoms with Crippen molar-refractivity contribution in [1.82, 2.24) is 29.2 Å². The van der Waals surface area contributed by atoms with Gasteiger partial charge in [-0.1, -0.05) is 14.8 Å². The molecular weight excluding hydrogens is 597 g/mol. The molecule has 5 N–H and O–H groups in total. The van der Waals surface area contributed by atoms with Gasteiger partial charge in [0, 0.05) is 40.4 Å². The van der Waals surface area contributed by atoms with Crippen LogP contribution in [-0.2, 0) is 30.6 Å². The number of thioether (sulfide) groups is 2. The summed E-state index contributed by atoms with van der Waals surface area (Å²) in [4.78, 5) is 60.5. The van der Waals surface area contributed by atoms with Crippen molar-refractivity contribution in [3.8, 4) is 0 Å². The monoisotopic (exact) mass is 617 g/mol. The Bertz CT molecular complexity index is 1630. The molecule has 19 heteroatoms. The third-order valence-electron chi connectivity index (χ3n) is 6.40. The number of carboxylic acids is 1. The van der Waals surface area contributed by atoms with Crippen molar-refractivity contribution in [1.29, 1.82) is 0 Å². The molecule has 16 nitrogen and oxygen atoms in total. The fourth-order valence-electron chi connectivity index (χ4n) is 4.46. The summed E-state index contributed by atoms with van der Waals surface area (Å²) in [7, 11) is 0. The molecule has 212 valence electrons. The van der Waals surface area contributed by atoms with Gasteiger partial charge >= 0.3 is 11.6 Å². The number of β-lactam (4-membered cyclic amide) rings is 1. The zero-order valence-corrected chi connectivity index (χ0v) is 23.3. The molecule has 2 saturated heterocycles. The highest BCUT2D eigenvalue weighted by atomic mass is 32.2. The molecule has 6 rings (SSSR count). The van der Waals surface area contributed by atoms with Gasteiger partial charge in [0.2, 0.25) is 17.9 Å². The fraction of sp³-hybridized carbons (Fsp3) is 0.318. The number of aliphatic carboxylic acids is 1. The Morgan fingerprint density at radius 1 is 1.37 bits per heavy atom. The lowest BCUT2D eigenvalue weighted by Crippen LogP contribution is -2.71. The van der Waals surface area contributed by atoms with Crippen LogP contribution in [-0.4, -0.2) is 93.7 Å². The molecule has 0 bridgehead atoms. The van der Waals surface area contributed by atoms with Gasteiger partial charge in [0.15, 0.2) is 11.3 Å². The third-order valence-corrected chi connectivity index (χ3v) is 9.50. The average molecular weight is 618 g/mol. The van der Waals surface area contributed by atoms with Crippen LogP contribution in [0.25, 0.3) is 5.65 Å². The number of nitrogen functional groups attached to an aromatic ring is 1. The van der Waals surface area contributed by atoms with Crippen LogP contribution in [0.3, 0.4) is 0 Å². The van der Waals surface area contributed by atoms with Gasteiger partial charge in [0.1, 0.15) is 29.8 Å². The topological polar surface area (TPSA) is 210 Å². The van der Waals surface area contributed by atoms with E-state index in [1.54, 1.807) is 40.9 Å². The second-order valence-corrected chi connectivity index (χ2v) is 11.9. The molecule has 3 aliphatic rings. The summed E-state index contributed by atoms with van der Waals surface area (Å²) in [5, 5.41) is 23.0. The summed E-state index contributed by atoms with van der Waals surface area (Å²) in [6.45, 7) is 0.127. The molecule has 2 fully saturated rings. The number of amides is 3. The van der Waals surface area contributed by atoms with E-state index in [1.165, 1.54) is 21.2 Å². The van der Waals surface area contributed by atoms with Crippen LogP contribution < -0.4 is 20.9 Å². The molecule has 2 atom stereocenters. The van der Waals surface area contributed by atoms with Gasteiger partial charge in [0.05, 0.1) is 6.20 Å². The molecule has 0 unspecified atom stereocenters. The lowest BCUT2D eigenvalue weighted by molar-refractivity contribution is -0.662. The summed E-state index contributed by atoms with van der Waals surface area (Å²) < 4.78 is 7.28. The number of hydrogen-bond donors (Lipinski definition) is 4. The zero-order valence-electron chi connectivity index (χ0n) is 20.9. The Morgan fingerprint density at radius 3 is 2.88 bits per heavy atom. The molecule has 41 heavy (non-hydrogen) atoms. The Hall–Kier alpha value is -4.23. The molecular formula is C22H21N10O6S3+. The molecule has 0 spiro atoms. The van der Waals surface area contributed by atoms with E-state index in [1.807, 2.05) is 0 Å². The van der Waals surface area contributed by atoms with Crippen molar-refractivity contribution < 1.29 is 33.7 Å². The van der Waals surface area contributed by atoms with Gasteiger partial charge in [0.25, 0.3) is 17.6 Å². The number of fused-ring (bicyclic) bond motifs is 2. The van der Waals surface area contributed by atoms with Gasteiger partial charge in [-0.25, -0.2) is 9.36 Å².